The van der Waals surface area contributed by atoms with Gasteiger partial charge in [0, 0.05) is 0 Å². The molecule has 4 aromatic rings. The van der Waals surface area contributed by atoms with Crippen molar-refractivity contribution in [3.63, 3.8) is 0 Å². The van der Waals surface area contributed by atoms with Crippen molar-refractivity contribution in [1.29, 1.82) is 0 Å². The van der Waals surface area contributed by atoms with Crippen LogP contribution in [0.3, 0.4) is 0 Å². The van der Waals surface area contributed by atoms with Gasteiger partial charge in [-0.1, -0.05) is 110 Å². The van der Waals surface area contributed by atoms with E-state index in [1.54, 1.807) is 13.8 Å². The minimum absolute atomic E-state index is 0. The van der Waals surface area contributed by atoms with E-state index in [1.807, 2.05) is 0 Å². The van der Waals surface area contributed by atoms with E-state index in [0.717, 1.165) is 56.3 Å². The van der Waals surface area contributed by atoms with Gasteiger partial charge in [0.15, 0.2) is 0 Å². The van der Waals surface area contributed by atoms with E-state index in [9.17, 15) is 19.8 Å². The molecule has 0 aliphatic rings. The first-order valence-electron chi connectivity index (χ1n) is 21.1. The predicted molar refractivity (Wildman–Crippen MR) is 236 cm³/mol. The van der Waals surface area contributed by atoms with Gasteiger partial charge in [-0.05, 0) is 134 Å². The van der Waals surface area contributed by atoms with Crippen LogP contribution in [0.1, 0.15) is 154 Å². The third kappa shape index (κ3) is 16.1. The van der Waals surface area contributed by atoms with Crippen molar-refractivity contribution in [1.82, 2.24) is 0 Å². The second kappa shape index (κ2) is 27.6. The summed E-state index contributed by atoms with van der Waals surface area (Å²) in [5.41, 5.74) is 10.3. The van der Waals surface area contributed by atoms with Crippen LogP contribution in [0.4, 0.5) is 11.4 Å². The number of unbranched alkanes of at least 4 members (excludes halogenated alkanes) is 3. The molecule has 0 spiro atoms. The van der Waals surface area contributed by atoms with Crippen molar-refractivity contribution in [2.75, 3.05) is 0 Å². The summed E-state index contributed by atoms with van der Waals surface area (Å²) in [5, 5.41) is 57.7. The quantitative estimate of drug-likeness (QED) is 0.0432. The maximum atomic E-state index is 11.2. The third-order valence-electron chi connectivity index (χ3n) is 9.99. The Hall–Kier alpha value is -5.15. The van der Waals surface area contributed by atoms with E-state index < -0.39 is 34.9 Å². The van der Waals surface area contributed by atoms with Crippen LogP contribution in [-0.2, 0) is 55.0 Å². The van der Waals surface area contributed by atoms with Crippen LogP contribution in [0.15, 0.2) is 70.6 Å². The SMILES string of the molecule is CCCCCC(=Nc1cc(CC)cc(CC)c1)C(CCCC)=Nc1cc(CC)cc(CC)c1.CCc1ccc(O)c([O-])c1C(=O)O.CCc1ccc(O)c([O-])c1C(=O)O.[Ni+2]. The van der Waals surface area contributed by atoms with E-state index in [0.29, 0.717) is 24.0 Å². The molecule has 0 unspecified atom stereocenters. The average molecular weight is 868 g/mol. The summed E-state index contributed by atoms with van der Waals surface area (Å²) < 4.78 is 0. The van der Waals surface area contributed by atoms with Crippen molar-refractivity contribution in [3.05, 3.63) is 105 Å². The first kappa shape index (κ1) is 52.9. The van der Waals surface area contributed by atoms with Crippen molar-refractivity contribution in [2.24, 2.45) is 9.98 Å². The molecule has 0 bridgehead atoms. The Kier molecular flexibility index (Phi) is 24.3. The first-order valence-corrected chi connectivity index (χ1v) is 21.1. The van der Waals surface area contributed by atoms with Crippen LogP contribution in [0, 0.1) is 0 Å². The van der Waals surface area contributed by atoms with E-state index in [-0.39, 0.29) is 27.6 Å². The standard InChI is InChI=1S/C31H46N2.2C9H10O4.Ni/c1-7-13-15-17-31(33-29-22-26(11-5)19-27(12-6)23-29)30(16-14-8-2)32-28-20-24(9-3)18-25(10-4)21-28;2*1-2-5-3-4-6(10)8(11)7(5)9(12)13;/h18-23H,7-17H2,1-6H3;2*3-4,10-11H,2H2,1H3,(H,12,13);/q;;;+2/p-2. The van der Waals surface area contributed by atoms with Crippen molar-refractivity contribution in [2.45, 2.75) is 139 Å². The zero-order valence-corrected chi connectivity index (χ0v) is 37.6. The topological polar surface area (TPSA) is 186 Å². The molecule has 0 aliphatic carbocycles. The van der Waals surface area contributed by atoms with Gasteiger partial charge >= 0.3 is 28.4 Å². The van der Waals surface area contributed by atoms with Gasteiger partial charge < -0.3 is 30.6 Å². The predicted octanol–water partition coefficient (Wildman–Crippen LogP) is 11.0. The molecule has 0 fully saturated rings. The number of phenolic OH excluding ortho intramolecular Hbond substituents is 2. The van der Waals surface area contributed by atoms with E-state index in [2.05, 4.69) is 77.9 Å². The Morgan fingerprint density at radius 2 is 0.833 bits per heavy atom. The van der Waals surface area contributed by atoms with Crippen LogP contribution in [0.2, 0.25) is 0 Å². The second-order valence-electron chi connectivity index (χ2n) is 14.3. The fourth-order valence-electron chi connectivity index (χ4n) is 6.44. The maximum Gasteiger partial charge on any atom is 2.00 e. The van der Waals surface area contributed by atoms with E-state index in [1.165, 1.54) is 83.6 Å². The molecule has 0 amide bonds. The summed E-state index contributed by atoms with van der Waals surface area (Å²) in [6, 6.07) is 19.0. The Labute approximate surface area is 367 Å². The zero-order chi connectivity index (χ0) is 44.1. The number of hydrogen-bond acceptors (Lipinski definition) is 8. The number of aryl methyl sites for hydroxylation is 6. The number of aromatic hydroxyl groups is 2. The number of hydrogen-bond donors (Lipinski definition) is 4. The number of carboxylic acid groups (broad SMARTS) is 2. The van der Waals surface area contributed by atoms with Crippen LogP contribution >= 0.6 is 0 Å². The van der Waals surface area contributed by atoms with Gasteiger partial charge in [0.05, 0.1) is 33.9 Å². The molecule has 0 saturated heterocycles. The fraction of sp³-hybridized carbons (Fsp3) is 0.429. The average Bonchev–Trinajstić information content (AvgIpc) is 3.23. The number of phenols is 2. The van der Waals surface area contributed by atoms with Crippen molar-refractivity contribution >= 4 is 34.7 Å². The number of carboxylic acids is 2. The molecule has 0 aliphatic heterocycles. The van der Waals surface area contributed by atoms with Crippen LogP contribution in [-0.4, -0.2) is 43.8 Å². The minimum Gasteiger partial charge on any atom is -0.869 e. The molecular weight excluding hydrogens is 803 g/mol. The van der Waals surface area contributed by atoms with Crippen LogP contribution < -0.4 is 10.2 Å². The molecule has 0 atom stereocenters. The minimum atomic E-state index is -1.29. The summed E-state index contributed by atoms with van der Waals surface area (Å²) >= 11 is 0. The molecule has 0 radical (unpaired) electrons. The summed E-state index contributed by atoms with van der Waals surface area (Å²) in [7, 11) is 0. The molecule has 0 aromatic heterocycles. The van der Waals surface area contributed by atoms with Gasteiger partial charge in [-0.25, -0.2) is 9.59 Å². The molecule has 11 heteroatoms. The summed E-state index contributed by atoms with van der Waals surface area (Å²) in [4.78, 5) is 31.8. The molecular formula is C49H64N2NiO8. The molecule has 60 heavy (non-hydrogen) atoms. The Bertz CT molecular complexity index is 1940. The monoisotopic (exact) mass is 866 g/mol. The Morgan fingerprint density at radius 1 is 0.500 bits per heavy atom. The molecule has 10 nitrogen and oxygen atoms in total. The third-order valence-corrected chi connectivity index (χ3v) is 9.99. The molecule has 4 aromatic carbocycles. The molecule has 0 saturated carbocycles. The Morgan fingerprint density at radius 3 is 1.12 bits per heavy atom. The zero-order valence-electron chi connectivity index (χ0n) is 36.6. The number of carbonyl (C=O) groups is 2. The van der Waals surface area contributed by atoms with Crippen LogP contribution in [0.5, 0.6) is 23.0 Å². The second-order valence-corrected chi connectivity index (χ2v) is 14.3. The molecule has 4 rings (SSSR count). The fourth-order valence-corrected chi connectivity index (χ4v) is 6.44. The number of benzene rings is 4. The van der Waals surface area contributed by atoms with E-state index >= 15 is 0 Å². The number of aromatic carboxylic acids is 2. The molecule has 328 valence electrons. The summed E-state index contributed by atoms with van der Waals surface area (Å²) in [5.74, 6) is -5.25. The number of aliphatic imine (C=N–C) groups is 2. The largest absolute Gasteiger partial charge is 2.00 e. The van der Waals surface area contributed by atoms with E-state index in [4.69, 9.17) is 30.4 Å². The molecule has 4 N–H and O–H groups in total. The van der Waals surface area contributed by atoms with Gasteiger partial charge in [-0.3, -0.25) is 9.98 Å². The Balaban J connectivity index is 0.000000544. The molecule has 0 heterocycles. The first-order chi connectivity index (χ1) is 28.2. The maximum absolute atomic E-state index is 11.2. The van der Waals surface area contributed by atoms with Gasteiger partial charge in [0.25, 0.3) is 0 Å². The van der Waals surface area contributed by atoms with Gasteiger partial charge in [-0.2, -0.15) is 0 Å². The van der Waals surface area contributed by atoms with Gasteiger partial charge in [-0.15, -0.1) is 0 Å². The normalized spacial score (nSPS) is 11.1. The van der Waals surface area contributed by atoms with Gasteiger partial charge in [0.2, 0.25) is 0 Å². The van der Waals surface area contributed by atoms with Crippen molar-refractivity contribution < 1.29 is 56.7 Å². The number of rotatable bonds is 18. The smallest absolute Gasteiger partial charge is 0.869 e. The number of nitrogens with zero attached hydrogens (tertiary/aromatic N) is 2. The van der Waals surface area contributed by atoms with Gasteiger partial charge in [0.1, 0.15) is 11.5 Å². The summed E-state index contributed by atoms with van der Waals surface area (Å²) in [6.07, 6.45) is 13.0. The van der Waals surface area contributed by atoms with Crippen molar-refractivity contribution in [3.8, 4) is 23.0 Å². The van der Waals surface area contributed by atoms with Crippen LogP contribution in [0.25, 0.3) is 0 Å². The summed E-state index contributed by atoms with van der Waals surface area (Å²) in [6.45, 7) is 16.9.